The molecule has 0 bridgehead atoms. The molecule has 0 spiro atoms. The molecular weight excluding hydrogens is 396 g/mol. The molecule has 0 aliphatic heterocycles. The average Bonchev–Trinajstić information content (AvgIpc) is 2.60. The monoisotopic (exact) mass is 425 g/mol. The van der Waals surface area contributed by atoms with Crippen LogP contribution >= 0.6 is 0 Å². The third-order valence-corrected chi connectivity index (χ3v) is 4.46. The molecular formula is C20H29N2O6S+. The number of quaternary nitrogens is 1. The molecule has 0 saturated carbocycles. The maximum absolute atomic E-state index is 11.7. The Bertz CT molecular complexity index is 888. The molecule has 0 aliphatic rings. The Balaban J connectivity index is 0.000000326. The third kappa shape index (κ3) is 9.51. The minimum absolute atomic E-state index is 0.0666. The first-order chi connectivity index (χ1) is 13.3. The van der Waals surface area contributed by atoms with Crippen LogP contribution in [0.5, 0.6) is 5.88 Å². The summed E-state index contributed by atoms with van der Waals surface area (Å²) >= 11 is 0. The second-order valence-electron chi connectivity index (χ2n) is 7.41. The standard InChI is InChI=1S/C13H20N2O3.C7H8O3S/c1-13(2,3)18-12(16)7-10(14)9-5-6-11(17-4)15-8-9;1-6-2-4-7(5-3-6)11(8,9)10/h5-6,8,10H,7,14H2,1-4H3;2-5H,1H3,(H,8,9,10)/p+1/t10-;/m0./s1. The Morgan fingerprint density at radius 1 is 1.17 bits per heavy atom. The number of aromatic nitrogens is 1. The SMILES string of the molecule is COc1ccc([C@@H]([NH3+])CC(=O)OC(C)(C)C)cn1.Cc1ccc(S(=O)(=O)O)cc1. The fourth-order valence-corrected chi connectivity index (χ4v) is 2.65. The third-order valence-electron chi connectivity index (χ3n) is 3.59. The first-order valence-corrected chi connectivity index (χ1v) is 10.3. The first kappa shape index (κ1) is 24.5. The fraction of sp³-hybridized carbons (Fsp3) is 0.400. The van der Waals surface area contributed by atoms with Crippen LogP contribution in [0, 0.1) is 6.92 Å². The van der Waals surface area contributed by atoms with Crippen LogP contribution in [0.3, 0.4) is 0 Å². The quantitative estimate of drug-likeness (QED) is 0.555. The van der Waals surface area contributed by atoms with Gasteiger partial charge in [-0.2, -0.15) is 8.42 Å². The Morgan fingerprint density at radius 2 is 1.76 bits per heavy atom. The molecule has 0 unspecified atom stereocenters. The van der Waals surface area contributed by atoms with E-state index in [0.717, 1.165) is 11.1 Å². The highest BCUT2D eigenvalue weighted by atomic mass is 32.2. The van der Waals surface area contributed by atoms with E-state index in [9.17, 15) is 13.2 Å². The van der Waals surface area contributed by atoms with Gasteiger partial charge in [-0.15, -0.1) is 0 Å². The first-order valence-electron chi connectivity index (χ1n) is 8.91. The van der Waals surface area contributed by atoms with Crippen molar-refractivity contribution < 1.29 is 33.0 Å². The second-order valence-corrected chi connectivity index (χ2v) is 8.83. The number of benzene rings is 1. The molecule has 0 amide bonds. The smallest absolute Gasteiger partial charge is 0.312 e. The van der Waals surface area contributed by atoms with E-state index in [2.05, 4.69) is 10.7 Å². The molecule has 0 fully saturated rings. The van der Waals surface area contributed by atoms with Gasteiger partial charge in [0.25, 0.3) is 10.1 Å². The molecule has 8 nitrogen and oxygen atoms in total. The molecule has 2 rings (SSSR count). The lowest BCUT2D eigenvalue weighted by atomic mass is 10.1. The zero-order chi connectivity index (χ0) is 22.2. The number of nitrogens with zero attached hydrogens (tertiary/aromatic N) is 1. The van der Waals surface area contributed by atoms with E-state index < -0.39 is 15.7 Å². The molecule has 1 atom stereocenters. The van der Waals surface area contributed by atoms with Gasteiger partial charge in [-0.05, 0) is 45.9 Å². The zero-order valence-corrected chi connectivity index (χ0v) is 18.2. The highest BCUT2D eigenvalue weighted by molar-refractivity contribution is 7.85. The topological polar surface area (TPSA) is 130 Å². The second kappa shape index (κ2) is 10.3. The number of aryl methyl sites for hydroxylation is 1. The average molecular weight is 426 g/mol. The van der Waals surface area contributed by atoms with Gasteiger partial charge in [0.1, 0.15) is 18.1 Å². The number of pyridine rings is 1. The van der Waals surface area contributed by atoms with Gasteiger partial charge in [-0.3, -0.25) is 9.35 Å². The van der Waals surface area contributed by atoms with Crippen molar-refractivity contribution in [1.82, 2.24) is 4.98 Å². The molecule has 9 heteroatoms. The lowest BCUT2D eigenvalue weighted by molar-refractivity contribution is -0.426. The van der Waals surface area contributed by atoms with Crippen molar-refractivity contribution in [1.29, 1.82) is 0 Å². The van der Waals surface area contributed by atoms with E-state index in [-0.39, 0.29) is 23.3 Å². The maximum atomic E-state index is 11.7. The van der Waals surface area contributed by atoms with Crippen LogP contribution in [-0.2, 0) is 19.6 Å². The van der Waals surface area contributed by atoms with Crippen LogP contribution < -0.4 is 10.5 Å². The summed E-state index contributed by atoms with van der Waals surface area (Å²) in [4.78, 5) is 15.7. The summed E-state index contributed by atoms with van der Waals surface area (Å²) in [5.41, 5.74) is 5.34. The van der Waals surface area contributed by atoms with Gasteiger partial charge in [-0.1, -0.05) is 17.7 Å². The van der Waals surface area contributed by atoms with Gasteiger partial charge in [0, 0.05) is 17.8 Å². The Morgan fingerprint density at radius 3 is 2.17 bits per heavy atom. The summed E-state index contributed by atoms with van der Waals surface area (Å²) in [5.74, 6) is 0.293. The van der Waals surface area contributed by atoms with E-state index in [0.29, 0.717) is 5.88 Å². The van der Waals surface area contributed by atoms with Crippen molar-refractivity contribution >= 4 is 16.1 Å². The Kier molecular flexibility index (Phi) is 8.75. The van der Waals surface area contributed by atoms with E-state index in [4.69, 9.17) is 14.0 Å². The van der Waals surface area contributed by atoms with Gasteiger partial charge in [0.05, 0.1) is 12.0 Å². The molecule has 29 heavy (non-hydrogen) atoms. The molecule has 1 aromatic carbocycles. The minimum atomic E-state index is -4.02. The summed E-state index contributed by atoms with van der Waals surface area (Å²) < 4.78 is 39.8. The van der Waals surface area contributed by atoms with Gasteiger partial charge in [0.2, 0.25) is 5.88 Å². The van der Waals surface area contributed by atoms with Crippen molar-refractivity contribution in [3.8, 4) is 5.88 Å². The molecule has 1 aromatic heterocycles. The molecule has 0 saturated heterocycles. The van der Waals surface area contributed by atoms with Crippen molar-refractivity contribution in [2.45, 2.75) is 50.7 Å². The molecule has 1 heterocycles. The molecule has 0 radical (unpaired) electrons. The summed E-state index contributed by atoms with van der Waals surface area (Å²) in [7, 11) is -2.46. The van der Waals surface area contributed by atoms with Crippen LogP contribution in [0.1, 0.15) is 44.4 Å². The van der Waals surface area contributed by atoms with Crippen molar-refractivity contribution in [2.75, 3.05) is 7.11 Å². The van der Waals surface area contributed by atoms with Crippen LogP contribution in [0.15, 0.2) is 47.5 Å². The van der Waals surface area contributed by atoms with Crippen LogP contribution in [0.4, 0.5) is 0 Å². The summed E-state index contributed by atoms with van der Waals surface area (Å²) in [6.45, 7) is 7.38. The largest absolute Gasteiger partial charge is 0.481 e. The summed E-state index contributed by atoms with van der Waals surface area (Å²) in [5, 5.41) is 0. The Hall–Kier alpha value is -2.49. The van der Waals surface area contributed by atoms with Crippen molar-refractivity contribution in [3.63, 3.8) is 0 Å². The number of carbonyl (C=O) groups is 1. The van der Waals surface area contributed by atoms with Gasteiger partial charge < -0.3 is 15.2 Å². The van der Waals surface area contributed by atoms with Crippen LogP contribution in [-0.4, -0.2) is 36.6 Å². The van der Waals surface area contributed by atoms with E-state index in [1.165, 1.54) is 12.1 Å². The lowest BCUT2D eigenvalue weighted by Gasteiger charge is -2.20. The van der Waals surface area contributed by atoms with Gasteiger partial charge in [0.15, 0.2) is 0 Å². The molecule has 2 aromatic rings. The number of hydrogen-bond acceptors (Lipinski definition) is 6. The van der Waals surface area contributed by atoms with Crippen LogP contribution in [0.25, 0.3) is 0 Å². The fourth-order valence-electron chi connectivity index (χ4n) is 2.17. The zero-order valence-electron chi connectivity index (χ0n) is 17.4. The van der Waals surface area contributed by atoms with Gasteiger partial charge >= 0.3 is 5.97 Å². The number of rotatable bonds is 5. The number of carbonyl (C=O) groups excluding carboxylic acids is 1. The maximum Gasteiger partial charge on any atom is 0.312 e. The van der Waals surface area contributed by atoms with E-state index in [1.807, 2.05) is 33.8 Å². The number of ether oxygens (including phenoxy) is 2. The molecule has 4 N–H and O–H groups in total. The number of methoxy groups -OCH3 is 1. The van der Waals surface area contributed by atoms with Gasteiger partial charge in [-0.25, -0.2) is 4.98 Å². The van der Waals surface area contributed by atoms with E-state index in [1.54, 1.807) is 31.5 Å². The molecule has 160 valence electrons. The highest BCUT2D eigenvalue weighted by Gasteiger charge is 2.21. The van der Waals surface area contributed by atoms with Crippen molar-refractivity contribution in [3.05, 3.63) is 53.7 Å². The van der Waals surface area contributed by atoms with Crippen LogP contribution in [0.2, 0.25) is 0 Å². The Labute approximate surface area is 171 Å². The normalized spacial score (nSPS) is 12.4. The predicted octanol–water partition coefficient (Wildman–Crippen LogP) is 2.35. The van der Waals surface area contributed by atoms with Crippen molar-refractivity contribution in [2.24, 2.45) is 0 Å². The molecule has 0 aliphatic carbocycles. The number of hydrogen-bond donors (Lipinski definition) is 2. The summed E-state index contributed by atoms with van der Waals surface area (Å²) in [6, 6.07) is 9.43. The van der Waals surface area contributed by atoms with E-state index >= 15 is 0 Å². The lowest BCUT2D eigenvalue weighted by Crippen LogP contribution is -2.54. The predicted molar refractivity (Wildman–Crippen MR) is 108 cm³/mol. The minimum Gasteiger partial charge on any atom is -0.481 e. The highest BCUT2D eigenvalue weighted by Crippen LogP contribution is 2.17. The summed E-state index contributed by atoms with van der Waals surface area (Å²) in [6.07, 6.45) is 1.91. The number of esters is 1.